The molecule has 0 aliphatic rings. The van der Waals surface area contributed by atoms with E-state index in [2.05, 4.69) is 17.8 Å². The zero-order valence-corrected chi connectivity index (χ0v) is 13.9. The van der Waals surface area contributed by atoms with Crippen LogP contribution in [0.2, 0.25) is 0 Å². The zero-order chi connectivity index (χ0) is 18.4. The summed E-state index contributed by atoms with van der Waals surface area (Å²) in [6.45, 7) is 4.00. The maximum absolute atomic E-state index is 10.8. The molecule has 124 valence electrons. The molecule has 3 rings (SSSR count). The second-order valence-corrected chi connectivity index (χ2v) is 4.11. The Labute approximate surface area is 143 Å². The molecule has 0 bridgehead atoms. The van der Waals surface area contributed by atoms with Gasteiger partial charge >= 0.3 is 0 Å². The topological polar surface area (TPSA) is 76.2 Å². The van der Waals surface area contributed by atoms with Crippen LogP contribution in [0.25, 0.3) is 10.9 Å². The first kappa shape index (κ1) is 20.7. The number of phenolic OH excluding ortho intramolecular Hbond substituents is 1. The van der Waals surface area contributed by atoms with Gasteiger partial charge in [-0.1, -0.05) is 38.1 Å². The van der Waals surface area contributed by atoms with Crippen molar-refractivity contribution in [1.82, 2.24) is 4.98 Å². The third-order valence-electron chi connectivity index (χ3n) is 2.64. The summed E-state index contributed by atoms with van der Waals surface area (Å²) in [7, 11) is 0. The number of para-hydroxylation sites is 1. The summed E-state index contributed by atoms with van der Waals surface area (Å²) in [6, 6.07) is 17.6. The lowest BCUT2D eigenvalue weighted by Gasteiger charge is -1.98. The fourth-order valence-corrected chi connectivity index (χ4v) is 1.66. The maximum atomic E-state index is 10.8. The van der Waals surface area contributed by atoms with E-state index in [4.69, 9.17) is 10.8 Å². The van der Waals surface area contributed by atoms with Crippen LogP contribution in [0, 0.1) is 12.8 Å². The molecule has 0 radical (unpaired) electrons. The number of carbonyl (C=O) groups is 1. The standard InChI is InChI=1S/C10H8N2O.C6H6O.C2H6.C2H2/c11-10(13)8-3-4-9-7(6-8)2-1-5-12-9;7-6-4-2-1-3-5-6;2*1-2/h1-6H,(H2,11,13);1-5,7H;1-2H3;1-2H. The molecule has 4 nitrogen and oxygen atoms in total. The van der Waals surface area contributed by atoms with Gasteiger partial charge in [0, 0.05) is 17.1 Å². The number of amides is 1. The molecule has 2 aromatic carbocycles. The number of phenols is 1. The Morgan fingerprint density at radius 2 is 1.62 bits per heavy atom. The van der Waals surface area contributed by atoms with Crippen LogP contribution < -0.4 is 5.73 Å². The van der Waals surface area contributed by atoms with E-state index < -0.39 is 5.91 Å². The van der Waals surface area contributed by atoms with Gasteiger partial charge in [-0.3, -0.25) is 9.78 Å². The Morgan fingerprint density at radius 3 is 2.12 bits per heavy atom. The number of hydrogen-bond donors (Lipinski definition) is 2. The van der Waals surface area contributed by atoms with E-state index in [1.165, 1.54) is 0 Å². The van der Waals surface area contributed by atoms with Crippen molar-refractivity contribution >= 4 is 16.8 Å². The first-order valence-corrected chi connectivity index (χ1v) is 7.39. The average Bonchev–Trinajstić information content (AvgIpc) is 2.66. The molecule has 0 saturated carbocycles. The number of nitrogens with zero attached hydrogens (tertiary/aromatic N) is 1. The van der Waals surface area contributed by atoms with Crippen LogP contribution in [0.15, 0.2) is 66.9 Å². The van der Waals surface area contributed by atoms with Crippen molar-refractivity contribution in [2.75, 3.05) is 0 Å². The largest absolute Gasteiger partial charge is 0.508 e. The number of pyridine rings is 1. The number of aromatic hydroxyl groups is 1. The number of primary amides is 1. The van der Waals surface area contributed by atoms with Crippen molar-refractivity contribution < 1.29 is 9.90 Å². The highest BCUT2D eigenvalue weighted by Gasteiger charge is 2.00. The van der Waals surface area contributed by atoms with Crippen molar-refractivity contribution in [2.45, 2.75) is 13.8 Å². The monoisotopic (exact) mass is 322 g/mol. The molecule has 4 heteroatoms. The van der Waals surface area contributed by atoms with E-state index in [0.29, 0.717) is 11.3 Å². The van der Waals surface area contributed by atoms with Gasteiger partial charge in [0.25, 0.3) is 0 Å². The SMILES string of the molecule is C#C.CC.NC(=O)c1ccc2ncccc2c1.Oc1ccccc1. The summed E-state index contributed by atoms with van der Waals surface area (Å²) < 4.78 is 0. The maximum Gasteiger partial charge on any atom is 0.248 e. The Kier molecular flexibility index (Phi) is 10.6. The van der Waals surface area contributed by atoms with Gasteiger partial charge in [0.05, 0.1) is 5.52 Å². The molecule has 0 aliphatic heterocycles. The third kappa shape index (κ3) is 7.10. The number of terminal acetylenes is 1. The minimum atomic E-state index is -0.411. The Bertz CT molecular complexity index is 753. The van der Waals surface area contributed by atoms with E-state index in [1.54, 1.807) is 48.7 Å². The number of hydrogen-bond acceptors (Lipinski definition) is 3. The lowest BCUT2D eigenvalue weighted by Crippen LogP contribution is -2.10. The van der Waals surface area contributed by atoms with Crippen LogP contribution >= 0.6 is 0 Å². The first-order valence-electron chi connectivity index (χ1n) is 7.39. The molecule has 0 atom stereocenters. The van der Waals surface area contributed by atoms with Crippen LogP contribution in [-0.2, 0) is 0 Å². The molecular formula is C20H22N2O2. The summed E-state index contributed by atoms with van der Waals surface area (Å²) in [5, 5.41) is 9.56. The number of fused-ring (bicyclic) bond motifs is 1. The smallest absolute Gasteiger partial charge is 0.248 e. The van der Waals surface area contributed by atoms with E-state index in [-0.39, 0.29) is 0 Å². The van der Waals surface area contributed by atoms with Gasteiger partial charge in [-0.15, -0.1) is 12.8 Å². The lowest BCUT2D eigenvalue weighted by molar-refractivity contribution is 0.100. The lowest BCUT2D eigenvalue weighted by atomic mass is 10.1. The molecule has 0 saturated heterocycles. The van der Waals surface area contributed by atoms with E-state index in [1.807, 2.05) is 32.0 Å². The van der Waals surface area contributed by atoms with Gasteiger partial charge in [-0.05, 0) is 36.4 Å². The highest BCUT2D eigenvalue weighted by molar-refractivity contribution is 5.96. The fraction of sp³-hybridized carbons (Fsp3) is 0.100. The number of nitrogens with two attached hydrogens (primary N) is 1. The Balaban J connectivity index is 0.000000408. The van der Waals surface area contributed by atoms with Crippen LogP contribution in [0.4, 0.5) is 0 Å². The molecule has 1 heterocycles. The summed E-state index contributed by atoms with van der Waals surface area (Å²) in [6.07, 6.45) is 9.71. The van der Waals surface area contributed by atoms with Crippen molar-refractivity contribution in [1.29, 1.82) is 0 Å². The number of benzene rings is 2. The minimum Gasteiger partial charge on any atom is -0.508 e. The number of aromatic nitrogens is 1. The average molecular weight is 322 g/mol. The van der Waals surface area contributed by atoms with Gasteiger partial charge in [0.1, 0.15) is 5.75 Å². The van der Waals surface area contributed by atoms with Crippen molar-refractivity contribution in [3.8, 4) is 18.6 Å². The number of rotatable bonds is 1. The second-order valence-electron chi connectivity index (χ2n) is 4.11. The van der Waals surface area contributed by atoms with Gasteiger partial charge in [-0.2, -0.15) is 0 Å². The molecule has 1 aromatic heterocycles. The van der Waals surface area contributed by atoms with E-state index >= 15 is 0 Å². The predicted molar refractivity (Wildman–Crippen MR) is 99.6 cm³/mol. The quantitative estimate of drug-likeness (QED) is 0.665. The molecule has 0 unspecified atom stereocenters. The normalized spacial score (nSPS) is 8.33. The summed E-state index contributed by atoms with van der Waals surface area (Å²) in [5.41, 5.74) is 6.53. The van der Waals surface area contributed by atoms with Crippen LogP contribution in [0.3, 0.4) is 0 Å². The molecule has 1 amide bonds. The summed E-state index contributed by atoms with van der Waals surface area (Å²) >= 11 is 0. The molecule has 0 fully saturated rings. The fourth-order valence-electron chi connectivity index (χ4n) is 1.66. The van der Waals surface area contributed by atoms with Gasteiger partial charge in [-0.25, -0.2) is 0 Å². The minimum absolute atomic E-state index is 0.322. The number of carbonyl (C=O) groups excluding carboxylic acids is 1. The molecule has 3 N–H and O–H groups in total. The van der Waals surface area contributed by atoms with E-state index in [9.17, 15) is 4.79 Å². The summed E-state index contributed by atoms with van der Waals surface area (Å²) in [5.74, 6) is -0.0896. The highest BCUT2D eigenvalue weighted by atomic mass is 16.3. The third-order valence-corrected chi connectivity index (χ3v) is 2.64. The van der Waals surface area contributed by atoms with Crippen LogP contribution in [0.5, 0.6) is 5.75 Å². The molecule has 24 heavy (non-hydrogen) atoms. The molecule has 0 spiro atoms. The Hall–Kier alpha value is -3.32. The van der Waals surface area contributed by atoms with Gasteiger partial charge in [0.2, 0.25) is 5.91 Å². The van der Waals surface area contributed by atoms with Crippen molar-refractivity contribution in [3.05, 3.63) is 72.4 Å². The molecular weight excluding hydrogens is 300 g/mol. The Morgan fingerprint density at radius 1 is 1.00 bits per heavy atom. The van der Waals surface area contributed by atoms with Crippen LogP contribution in [0.1, 0.15) is 24.2 Å². The molecule has 3 aromatic rings. The van der Waals surface area contributed by atoms with Gasteiger partial charge in [0.15, 0.2) is 0 Å². The predicted octanol–water partition coefficient (Wildman–Crippen LogP) is 4.00. The first-order chi connectivity index (χ1) is 11.7. The van der Waals surface area contributed by atoms with Crippen LogP contribution in [-0.4, -0.2) is 16.0 Å². The second kappa shape index (κ2) is 12.2. The highest BCUT2D eigenvalue weighted by Crippen LogP contribution is 2.12. The zero-order valence-electron chi connectivity index (χ0n) is 13.9. The van der Waals surface area contributed by atoms with E-state index in [0.717, 1.165) is 10.9 Å². The molecule has 0 aliphatic carbocycles. The van der Waals surface area contributed by atoms with Crippen molar-refractivity contribution in [2.24, 2.45) is 5.73 Å². The summed E-state index contributed by atoms with van der Waals surface area (Å²) in [4.78, 5) is 15.0. The van der Waals surface area contributed by atoms with Gasteiger partial charge < -0.3 is 10.8 Å². The van der Waals surface area contributed by atoms with Crippen molar-refractivity contribution in [3.63, 3.8) is 0 Å².